The highest BCUT2D eigenvalue weighted by Gasteiger charge is 2.42. The summed E-state index contributed by atoms with van der Waals surface area (Å²) < 4.78 is 0. The number of aromatic hydroxyl groups is 1. The van der Waals surface area contributed by atoms with Gasteiger partial charge in [0.1, 0.15) is 11.5 Å². The van der Waals surface area contributed by atoms with E-state index in [0.29, 0.717) is 33.3 Å². The number of carbonyl (C=O) groups excluding carboxylic acids is 1. The molecular formula is C24H27Cl3N4O2. The number of hydrazone groups is 1. The summed E-state index contributed by atoms with van der Waals surface area (Å²) in [6.07, 6.45) is 3.80. The highest BCUT2D eigenvalue weighted by atomic mass is 35.5. The fraction of sp³-hybridized carbons (Fsp3) is 0.417. The van der Waals surface area contributed by atoms with Crippen LogP contribution in [0.4, 0.5) is 5.69 Å². The van der Waals surface area contributed by atoms with Crippen molar-refractivity contribution in [2.45, 2.75) is 32.2 Å². The summed E-state index contributed by atoms with van der Waals surface area (Å²) in [6.45, 7) is 3.82. The Morgan fingerprint density at radius 1 is 1.09 bits per heavy atom. The molecule has 2 aromatic carbocycles. The number of phenols is 1. The molecule has 5 rings (SSSR count). The van der Waals surface area contributed by atoms with Gasteiger partial charge >= 0.3 is 0 Å². The molecule has 0 radical (unpaired) electrons. The van der Waals surface area contributed by atoms with Crippen LogP contribution in [0.2, 0.25) is 10.0 Å². The lowest BCUT2D eigenvalue weighted by molar-refractivity contribution is -0.119. The minimum atomic E-state index is -0.243. The van der Waals surface area contributed by atoms with Gasteiger partial charge in [0, 0.05) is 24.0 Å². The van der Waals surface area contributed by atoms with Crippen molar-refractivity contribution in [3.8, 4) is 5.75 Å². The molecule has 1 aliphatic carbocycles. The molecule has 4 unspecified atom stereocenters. The van der Waals surface area contributed by atoms with Crippen LogP contribution >= 0.6 is 35.6 Å². The van der Waals surface area contributed by atoms with Crippen molar-refractivity contribution in [2.24, 2.45) is 22.9 Å². The second-order valence-electron chi connectivity index (χ2n) is 9.05. The summed E-state index contributed by atoms with van der Waals surface area (Å²) in [6, 6.07) is 12.0. The summed E-state index contributed by atoms with van der Waals surface area (Å²) in [5, 5.41) is 19.3. The Labute approximate surface area is 209 Å². The van der Waals surface area contributed by atoms with E-state index in [0.717, 1.165) is 18.7 Å². The van der Waals surface area contributed by atoms with Crippen LogP contribution in [0.25, 0.3) is 0 Å². The number of hydrogen-bond acceptors (Lipinski definition) is 5. The first kappa shape index (κ1) is 24.1. The predicted octanol–water partition coefficient (Wildman–Crippen LogP) is 5.44. The zero-order valence-corrected chi connectivity index (χ0v) is 20.6. The van der Waals surface area contributed by atoms with E-state index in [4.69, 9.17) is 28.3 Å². The van der Waals surface area contributed by atoms with Gasteiger partial charge in [0.15, 0.2) is 0 Å². The summed E-state index contributed by atoms with van der Waals surface area (Å²) in [4.78, 5) is 13.3. The fourth-order valence-corrected chi connectivity index (χ4v) is 5.88. The lowest BCUT2D eigenvalue weighted by atomic mass is 9.91. The van der Waals surface area contributed by atoms with Gasteiger partial charge in [0.25, 0.3) is 5.91 Å². The van der Waals surface area contributed by atoms with E-state index in [9.17, 15) is 9.90 Å². The molecule has 176 valence electrons. The van der Waals surface area contributed by atoms with Crippen molar-refractivity contribution in [2.75, 3.05) is 18.1 Å². The topological polar surface area (TPSA) is 68.2 Å². The first-order chi connectivity index (χ1) is 15.4. The molecule has 0 spiro atoms. The van der Waals surface area contributed by atoms with Crippen LogP contribution < -0.4 is 10.4 Å². The number of nitrogens with one attached hydrogen (secondary N) is 1. The third-order valence-corrected chi connectivity index (χ3v) is 7.53. The van der Waals surface area contributed by atoms with Gasteiger partial charge in [-0.2, -0.15) is 5.10 Å². The van der Waals surface area contributed by atoms with Crippen LogP contribution in [-0.2, 0) is 4.79 Å². The van der Waals surface area contributed by atoms with Crippen molar-refractivity contribution in [1.82, 2.24) is 10.4 Å². The standard InChI is InChI=1S/C24H26Cl2N4O2.ClH/c1-14-22(24(32)28-29-12-16-3-2-4-17(16)13-29)27-30(21-10-7-18(25)11-20(21)26)23(14)15-5-8-19(31)9-6-15;/h5-11,14,16-17,23,31H,2-4,12-13H2,1H3,(H,28,32);1H. The van der Waals surface area contributed by atoms with E-state index in [1.807, 2.05) is 25.1 Å². The number of rotatable bonds is 4. The van der Waals surface area contributed by atoms with Crippen molar-refractivity contribution in [3.05, 3.63) is 58.1 Å². The van der Waals surface area contributed by atoms with Crippen LogP contribution in [0.5, 0.6) is 5.75 Å². The van der Waals surface area contributed by atoms with E-state index in [2.05, 4.69) is 10.4 Å². The molecule has 3 aliphatic rings. The zero-order valence-electron chi connectivity index (χ0n) is 18.2. The van der Waals surface area contributed by atoms with Gasteiger partial charge in [-0.25, -0.2) is 5.01 Å². The van der Waals surface area contributed by atoms with Gasteiger partial charge in [-0.1, -0.05) is 48.7 Å². The first-order valence-corrected chi connectivity index (χ1v) is 11.8. The summed E-state index contributed by atoms with van der Waals surface area (Å²) in [5.74, 6) is 1.20. The molecule has 2 heterocycles. The van der Waals surface area contributed by atoms with Gasteiger partial charge < -0.3 is 5.11 Å². The Bertz CT molecular complexity index is 1050. The smallest absolute Gasteiger partial charge is 0.282 e. The lowest BCUT2D eigenvalue weighted by Gasteiger charge is -2.27. The van der Waals surface area contributed by atoms with Gasteiger partial charge in [-0.05, 0) is 60.6 Å². The maximum absolute atomic E-state index is 13.3. The number of halogens is 3. The molecule has 33 heavy (non-hydrogen) atoms. The van der Waals surface area contributed by atoms with Crippen LogP contribution in [0.1, 0.15) is 37.8 Å². The maximum atomic E-state index is 13.3. The number of phenolic OH excluding ortho intramolecular Hbond substituents is 1. The van der Waals surface area contributed by atoms with Crippen molar-refractivity contribution in [1.29, 1.82) is 0 Å². The monoisotopic (exact) mass is 508 g/mol. The third-order valence-electron chi connectivity index (χ3n) is 6.99. The highest BCUT2D eigenvalue weighted by Crippen LogP contribution is 2.43. The number of anilines is 1. The number of hydrogen-bond donors (Lipinski definition) is 2. The molecule has 9 heteroatoms. The summed E-state index contributed by atoms with van der Waals surface area (Å²) >= 11 is 12.6. The number of benzene rings is 2. The molecule has 1 saturated heterocycles. The van der Waals surface area contributed by atoms with E-state index in [1.165, 1.54) is 19.3 Å². The Morgan fingerprint density at radius 3 is 2.39 bits per heavy atom. The molecule has 2 aromatic rings. The van der Waals surface area contributed by atoms with E-state index < -0.39 is 0 Å². The summed E-state index contributed by atoms with van der Waals surface area (Å²) in [5.41, 5.74) is 5.18. The Kier molecular flexibility index (Phi) is 7.10. The molecule has 4 atom stereocenters. The van der Waals surface area contributed by atoms with Gasteiger partial charge in [0.2, 0.25) is 0 Å². The molecule has 0 bridgehead atoms. The number of fused-ring (bicyclic) bond motifs is 1. The first-order valence-electron chi connectivity index (χ1n) is 11.1. The number of carbonyl (C=O) groups is 1. The van der Waals surface area contributed by atoms with E-state index >= 15 is 0 Å². The van der Waals surface area contributed by atoms with Crippen LogP contribution in [-0.4, -0.2) is 34.8 Å². The molecular weight excluding hydrogens is 483 g/mol. The Morgan fingerprint density at radius 2 is 1.76 bits per heavy atom. The SMILES string of the molecule is CC1C(C(=O)NN2CC3CCCC3C2)=NN(c2ccc(Cl)cc2Cl)C1c1ccc(O)cc1.Cl. The Hall–Kier alpha value is -1.99. The molecule has 0 aromatic heterocycles. The average molecular weight is 510 g/mol. The van der Waals surface area contributed by atoms with Gasteiger partial charge in [-0.3, -0.25) is 15.2 Å². The quantitative estimate of drug-likeness (QED) is 0.576. The Balaban J connectivity index is 0.00000259. The van der Waals surface area contributed by atoms with Crippen molar-refractivity contribution in [3.63, 3.8) is 0 Å². The second kappa shape index (κ2) is 9.71. The average Bonchev–Trinajstić information content (AvgIpc) is 3.42. The highest BCUT2D eigenvalue weighted by molar-refractivity contribution is 6.41. The van der Waals surface area contributed by atoms with E-state index in [-0.39, 0.29) is 36.0 Å². The summed E-state index contributed by atoms with van der Waals surface area (Å²) in [7, 11) is 0. The fourth-order valence-electron chi connectivity index (χ4n) is 5.38. The van der Waals surface area contributed by atoms with Crippen LogP contribution in [0.15, 0.2) is 47.6 Å². The number of nitrogens with zero attached hydrogens (tertiary/aromatic N) is 3. The number of amides is 1. The number of hydrazine groups is 1. The molecule has 1 saturated carbocycles. The van der Waals surface area contributed by atoms with Gasteiger partial charge in [-0.15, -0.1) is 12.4 Å². The zero-order chi connectivity index (χ0) is 22.4. The van der Waals surface area contributed by atoms with Crippen LogP contribution in [0, 0.1) is 17.8 Å². The minimum Gasteiger partial charge on any atom is -0.508 e. The predicted molar refractivity (Wildman–Crippen MR) is 134 cm³/mol. The third kappa shape index (κ3) is 4.67. The van der Waals surface area contributed by atoms with Crippen molar-refractivity contribution >= 4 is 52.9 Å². The maximum Gasteiger partial charge on any atom is 0.282 e. The van der Waals surface area contributed by atoms with Crippen molar-refractivity contribution < 1.29 is 9.90 Å². The molecule has 1 amide bonds. The molecule has 6 nitrogen and oxygen atoms in total. The minimum absolute atomic E-state index is 0. The normalized spacial score (nSPS) is 26.6. The molecule has 2 N–H and O–H groups in total. The largest absolute Gasteiger partial charge is 0.508 e. The second-order valence-corrected chi connectivity index (χ2v) is 9.89. The van der Waals surface area contributed by atoms with E-state index in [1.54, 1.807) is 29.3 Å². The lowest BCUT2D eigenvalue weighted by Crippen LogP contribution is -2.45. The van der Waals surface area contributed by atoms with Crippen LogP contribution in [0.3, 0.4) is 0 Å². The molecule has 2 aliphatic heterocycles. The molecule has 2 fully saturated rings. The van der Waals surface area contributed by atoms with Gasteiger partial charge in [0.05, 0.1) is 16.8 Å².